The standard InChI is InChI=1S/C22H24N4O3S/c1-15(27)23-13-3-4-16-5-7-17(8-6-16)20(28)14-30-22-24-21(25-26-22)18-9-11-19(29-2)12-10-18/h5-12H,3-4,13-14H2,1-2H3,(H,23,27)(H,24,25,26). The van der Waals surface area contributed by atoms with E-state index in [0.29, 0.717) is 23.1 Å². The quantitative estimate of drug-likeness (QED) is 0.294. The zero-order valence-corrected chi connectivity index (χ0v) is 17.8. The van der Waals surface area contributed by atoms with Crippen molar-refractivity contribution < 1.29 is 14.3 Å². The number of amides is 1. The van der Waals surface area contributed by atoms with Gasteiger partial charge in [0.25, 0.3) is 0 Å². The highest BCUT2D eigenvalue weighted by atomic mass is 32.2. The normalized spacial score (nSPS) is 10.6. The largest absolute Gasteiger partial charge is 0.497 e. The second kappa shape index (κ2) is 10.6. The van der Waals surface area contributed by atoms with E-state index in [4.69, 9.17) is 4.74 Å². The Balaban J connectivity index is 1.49. The highest BCUT2D eigenvalue weighted by molar-refractivity contribution is 7.99. The maximum absolute atomic E-state index is 12.5. The minimum atomic E-state index is -0.0176. The lowest BCUT2D eigenvalue weighted by Crippen LogP contribution is -2.21. The predicted octanol–water partition coefficient (Wildman–Crippen LogP) is 3.52. The topological polar surface area (TPSA) is 97.0 Å². The molecule has 0 radical (unpaired) electrons. The fourth-order valence-corrected chi connectivity index (χ4v) is 3.51. The van der Waals surface area contributed by atoms with E-state index in [1.165, 1.54) is 18.7 Å². The minimum absolute atomic E-state index is 0.0176. The smallest absolute Gasteiger partial charge is 0.216 e. The van der Waals surface area contributed by atoms with Gasteiger partial charge in [-0.1, -0.05) is 36.0 Å². The summed E-state index contributed by atoms with van der Waals surface area (Å²) in [5.74, 6) is 1.70. The van der Waals surface area contributed by atoms with Crippen LogP contribution in [0.25, 0.3) is 11.4 Å². The number of nitrogens with zero attached hydrogens (tertiary/aromatic N) is 2. The summed E-state index contributed by atoms with van der Waals surface area (Å²) in [6.07, 6.45) is 1.72. The number of carbonyl (C=O) groups excluding carboxylic acids is 2. The molecule has 156 valence electrons. The van der Waals surface area contributed by atoms with Crippen LogP contribution in [0.15, 0.2) is 53.7 Å². The number of hydrogen-bond acceptors (Lipinski definition) is 6. The molecule has 0 atom stereocenters. The number of hydrogen-bond donors (Lipinski definition) is 2. The van der Waals surface area contributed by atoms with Crippen LogP contribution in [0.3, 0.4) is 0 Å². The molecule has 0 bridgehead atoms. The molecule has 8 heteroatoms. The molecule has 1 heterocycles. The van der Waals surface area contributed by atoms with Gasteiger partial charge in [-0.25, -0.2) is 4.98 Å². The molecule has 1 aromatic heterocycles. The molecule has 7 nitrogen and oxygen atoms in total. The number of rotatable bonds is 10. The monoisotopic (exact) mass is 424 g/mol. The van der Waals surface area contributed by atoms with E-state index in [1.54, 1.807) is 7.11 Å². The molecule has 3 aromatic rings. The Labute approximate surface area is 179 Å². The lowest BCUT2D eigenvalue weighted by atomic mass is 10.1. The molecule has 3 rings (SSSR count). The van der Waals surface area contributed by atoms with E-state index in [2.05, 4.69) is 20.5 Å². The molecule has 30 heavy (non-hydrogen) atoms. The summed E-state index contributed by atoms with van der Waals surface area (Å²) in [5.41, 5.74) is 2.71. The maximum atomic E-state index is 12.5. The van der Waals surface area contributed by atoms with Crippen molar-refractivity contribution in [2.75, 3.05) is 19.4 Å². The van der Waals surface area contributed by atoms with Crippen molar-refractivity contribution in [3.05, 3.63) is 59.7 Å². The van der Waals surface area contributed by atoms with Gasteiger partial charge in [-0.3, -0.25) is 14.7 Å². The summed E-state index contributed by atoms with van der Waals surface area (Å²) in [5, 5.41) is 10.4. The Kier molecular flexibility index (Phi) is 7.62. The number of ketones is 1. The molecule has 0 aliphatic heterocycles. The number of aromatic amines is 1. The Morgan fingerprint density at radius 2 is 1.83 bits per heavy atom. The van der Waals surface area contributed by atoms with Gasteiger partial charge in [0, 0.05) is 24.6 Å². The summed E-state index contributed by atoms with van der Waals surface area (Å²) >= 11 is 1.30. The summed E-state index contributed by atoms with van der Waals surface area (Å²) in [6, 6.07) is 15.1. The fourth-order valence-electron chi connectivity index (χ4n) is 2.82. The Morgan fingerprint density at radius 1 is 1.10 bits per heavy atom. The Bertz CT molecular complexity index is 984. The number of thioether (sulfide) groups is 1. The Hall–Kier alpha value is -3.13. The van der Waals surface area contributed by atoms with Gasteiger partial charge in [0.15, 0.2) is 11.6 Å². The third-order valence-corrected chi connectivity index (χ3v) is 5.30. The van der Waals surface area contributed by atoms with Crippen molar-refractivity contribution in [2.45, 2.75) is 24.9 Å². The van der Waals surface area contributed by atoms with E-state index >= 15 is 0 Å². The van der Waals surface area contributed by atoms with Gasteiger partial charge in [-0.2, -0.15) is 0 Å². The molecule has 1 amide bonds. The molecule has 2 N–H and O–H groups in total. The number of aryl methyl sites for hydroxylation is 1. The van der Waals surface area contributed by atoms with Crippen molar-refractivity contribution in [1.29, 1.82) is 0 Å². The average molecular weight is 425 g/mol. The van der Waals surface area contributed by atoms with E-state index in [1.807, 2.05) is 48.5 Å². The van der Waals surface area contributed by atoms with E-state index in [0.717, 1.165) is 29.7 Å². The summed E-state index contributed by atoms with van der Waals surface area (Å²) in [4.78, 5) is 27.8. The number of H-pyrrole nitrogens is 1. The number of benzene rings is 2. The predicted molar refractivity (Wildman–Crippen MR) is 117 cm³/mol. The second-order valence-corrected chi connectivity index (χ2v) is 7.63. The van der Waals surface area contributed by atoms with Gasteiger partial charge in [0.2, 0.25) is 11.1 Å². The first-order valence-electron chi connectivity index (χ1n) is 9.61. The molecule has 0 saturated heterocycles. The highest BCUT2D eigenvalue weighted by Crippen LogP contribution is 2.22. The number of methoxy groups -OCH3 is 1. The molecule has 0 aliphatic rings. The molecular formula is C22H24N4O3S. The van der Waals surface area contributed by atoms with Crippen molar-refractivity contribution >= 4 is 23.5 Å². The lowest BCUT2D eigenvalue weighted by Gasteiger charge is -2.04. The maximum Gasteiger partial charge on any atom is 0.216 e. The van der Waals surface area contributed by atoms with Crippen molar-refractivity contribution in [2.24, 2.45) is 0 Å². The lowest BCUT2D eigenvalue weighted by molar-refractivity contribution is -0.118. The molecule has 2 aromatic carbocycles. The molecule has 0 saturated carbocycles. The van der Waals surface area contributed by atoms with Gasteiger partial charge in [-0.05, 0) is 42.7 Å². The van der Waals surface area contributed by atoms with E-state index in [9.17, 15) is 9.59 Å². The first-order valence-corrected chi connectivity index (χ1v) is 10.6. The first-order chi connectivity index (χ1) is 14.5. The van der Waals surface area contributed by atoms with Crippen molar-refractivity contribution in [3.63, 3.8) is 0 Å². The van der Waals surface area contributed by atoms with Crippen molar-refractivity contribution in [3.8, 4) is 17.1 Å². The molecular weight excluding hydrogens is 400 g/mol. The van der Waals surface area contributed by atoms with Crippen LogP contribution in [0.5, 0.6) is 5.75 Å². The highest BCUT2D eigenvalue weighted by Gasteiger charge is 2.11. The van der Waals surface area contributed by atoms with Gasteiger partial charge in [0.05, 0.1) is 12.9 Å². The van der Waals surface area contributed by atoms with Gasteiger partial charge >= 0.3 is 0 Å². The third kappa shape index (κ3) is 6.18. The SMILES string of the molecule is COc1ccc(-c2nc(SCC(=O)c3ccc(CCCNC(C)=O)cc3)n[nH]2)cc1. The van der Waals surface area contributed by atoms with Crippen LogP contribution in [-0.2, 0) is 11.2 Å². The molecule has 0 unspecified atom stereocenters. The summed E-state index contributed by atoms with van der Waals surface area (Å²) < 4.78 is 5.15. The van der Waals surface area contributed by atoms with Gasteiger partial charge in [0.1, 0.15) is 5.75 Å². The van der Waals surface area contributed by atoms with E-state index in [-0.39, 0.29) is 17.4 Å². The summed E-state index contributed by atoms with van der Waals surface area (Å²) in [6.45, 7) is 2.17. The van der Waals surface area contributed by atoms with Crippen molar-refractivity contribution in [1.82, 2.24) is 20.5 Å². The second-order valence-electron chi connectivity index (χ2n) is 6.69. The van der Waals surface area contributed by atoms with Crippen LogP contribution in [0.4, 0.5) is 0 Å². The van der Waals surface area contributed by atoms with Gasteiger partial charge in [-0.15, -0.1) is 5.10 Å². The van der Waals surface area contributed by atoms with E-state index < -0.39 is 0 Å². The molecule has 0 spiro atoms. The van der Waals surface area contributed by atoms with Crippen LogP contribution in [0.1, 0.15) is 29.3 Å². The van der Waals surface area contributed by atoms with Crippen LogP contribution in [-0.4, -0.2) is 46.3 Å². The third-order valence-electron chi connectivity index (χ3n) is 4.45. The van der Waals surface area contributed by atoms with Crippen LogP contribution in [0.2, 0.25) is 0 Å². The number of aromatic nitrogens is 3. The molecule has 0 aliphatic carbocycles. The zero-order valence-electron chi connectivity index (χ0n) is 17.0. The number of carbonyl (C=O) groups is 2. The minimum Gasteiger partial charge on any atom is -0.497 e. The summed E-state index contributed by atoms with van der Waals surface area (Å²) in [7, 11) is 1.62. The first kappa shape index (κ1) is 21.6. The fraction of sp³-hybridized carbons (Fsp3) is 0.273. The number of nitrogens with one attached hydrogen (secondary N) is 2. The number of Topliss-reactive ketones (excluding diaryl/α,β-unsaturated/α-hetero) is 1. The van der Waals surface area contributed by atoms with Crippen LogP contribution < -0.4 is 10.1 Å². The number of ether oxygens (including phenoxy) is 1. The Morgan fingerprint density at radius 3 is 2.50 bits per heavy atom. The van der Waals surface area contributed by atoms with Crippen LogP contribution >= 0.6 is 11.8 Å². The van der Waals surface area contributed by atoms with Gasteiger partial charge < -0.3 is 10.1 Å². The van der Waals surface area contributed by atoms with Crippen LogP contribution in [0, 0.1) is 0 Å². The average Bonchev–Trinajstić information content (AvgIpc) is 3.24. The zero-order chi connectivity index (χ0) is 21.3. The molecule has 0 fully saturated rings.